The van der Waals surface area contributed by atoms with E-state index in [1.807, 2.05) is 0 Å². The monoisotopic (exact) mass is 401 g/mol. The number of ketones is 1. The minimum absolute atomic E-state index is 0.0125. The number of carbonyl (C=O) groups is 1. The lowest BCUT2D eigenvalue weighted by molar-refractivity contribution is -0.129. The van der Waals surface area contributed by atoms with Gasteiger partial charge in [-0.15, -0.1) is 11.8 Å². The van der Waals surface area contributed by atoms with Crippen LogP contribution in [-0.2, 0) is 4.79 Å². The van der Waals surface area contributed by atoms with Gasteiger partial charge in [-0.3, -0.25) is 4.79 Å². The van der Waals surface area contributed by atoms with Crippen molar-refractivity contribution in [2.75, 3.05) is 11.6 Å². The smallest absolute Gasteiger partial charge is 0.139 e. The molecule has 0 saturated heterocycles. The zero-order valence-corrected chi connectivity index (χ0v) is 18.1. The number of benzene rings is 3. The fourth-order valence-electron chi connectivity index (χ4n) is 5.49. The summed E-state index contributed by atoms with van der Waals surface area (Å²) in [6.45, 7) is 4.49. The maximum atomic E-state index is 13.5. The minimum atomic E-state index is -0.0125. The van der Waals surface area contributed by atoms with Crippen LogP contribution in [0.4, 0.5) is 5.69 Å². The molecule has 29 heavy (non-hydrogen) atoms. The summed E-state index contributed by atoms with van der Waals surface area (Å²) in [6, 6.07) is 21.8. The number of hydrogen-bond donors (Lipinski definition) is 1. The van der Waals surface area contributed by atoms with E-state index in [1.54, 1.807) is 11.8 Å². The van der Waals surface area contributed by atoms with E-state index in [0.29, 0.717) is 12.2 Å². The van der Waals surface area contributed by atoms with E-state index in [-0.39, 0.29) is 23.3 Å². The summed E-state index contributed by atoms with van der Waals surface area (Å²) in [5.74, 6) is 0.636. The first kappa shape index (κ1) is 18.7. The van der Waals surface area contributed by atoms with E-state index in [1.165, 1.54) is 32.5 Å². The van der Waals surface area contributed by atoms with Gasteiger partial charge in [-0.05, 0) is 64.1 Å². The Morgan fingerprint density at radius 1 is 1.00 bits per heavy atom. The van der Waals surface area contributed by atoms with Crippen molar-refractivity contribution in [3.05, 3.63) is 71.8 Å². The maximum absolute atomic E-state index is 13.5. The van der Waals surface area contributed by atoms with E-state index in [0.717, 1.165) is 6.42 Å². The summed E-state index contributed by atoms with van der Waals surface area (Å²) < 4.78 is 0. The molecule has 0 spiro atoms. The molecule has 0 bridgehead atoms. The molecule has 5 rings (SSSR count). The van der Waals surface area contributed by atoms with Gasteiger partial charge in [0.05, 0.1) is 6.04 Å². The topological polar surface area (TPSA) is 29.1 Å². The van der Waals surface area contributed by atoms with Gasteiger partial charge < -0.3 is 5.32 Å². The third kappa shape index (κ3) is 3.16. The fourth-order valence-corrected chi connectivity index (χ4v) is 5.90. The quantitative estimate of drug-likeness (QED) is 0.478. The van der Waals surface area contributed by atoms with Crippen LogP contribution in [0.25, 0.3) is 10.8 Å². The fraction of sp³-hybridized carbons (Fsp3) is 0.346. The van der Waals surface area contributed by atoms with Gasteiger partial charge in [0.15, 0.2) is 0 Å². The second-order valence-corrected chi connectivity index (χ2v) is 10.2. The number of fused-ring (bicyclic) bond motifs is 5. The molecule has 3 aromatic carbocycles. The molecule has 0 unspecified atom stereocenters. The number of hydrogen-bond acceptors (Lipinski definition) is 3. The molecule has 0 aromatic heterocycles. The molecule has 1 heterocycles. The number of anilines is 1. The Bertz CT molecular complexity index is 1090. The summed E-state index contributed by atoms with van der Waals surface area (Å²) in [5, 5.41) is 6.31. The first-order valence-electron chi connectivity index (χ1n) is 10.4. The third-order valence-corrected chi connectivity index (χ3v) is 7.46. The Hall–Kier alpha value is -2.26. The first-order valence-corrected chi connectivity index (χ1v) is 11.6. The molecule has 0 amide bonds. The molecule has 3 aromatic rings. The van der Waals surface area contributed by atoms with Crippen molar-refractivity contribution in [1.82, 2.24) is 0 Å². The number of thioether (sulfide) groups is 1. The molecule has 1 N–H and O–H groups in total. The molecule has 1 saturated carbocycles. The summed E-state index contributed by atoms with van der Waals surface area (Å²) in [7, 11) is 0. The second-order valence-electron chi connectivity index (χ2n) is 9.29. The molecular formula is C26H27NOS. The lowest BCUT2D eigenvalue weighted by Crippen LogP contribution is -2.44. The zero-order chi connectivity index (χ0) is 20.2. The van der Waals surface area contributed by atoms with Crippen molar-refractivity contribution in [1.29, 1.82) is 0 Å². The highest BCUT2D eigenvalue weighted by atomic mass is 32.2. The summed E-state index contributed by atoms with van der Waals surface area (Å²) in [5.41, 5.74) is 3.78. The predicted molar refractivity (Wildman–Crippen MR) is 123 cm³/mol. The van der Waals surface area contributed by atoms with Gasteiger partial charge in [0.2, 0.25) is 0 Å². The normalized spacial score (nSPS) is 25.2. The Labute approximate surface area is 177 Å². The van der Waals surface area contributed by atoms with Crippen LogP contribution in [0.2, 0.25) is 0 Å². The van der Waals surface area contributed by atoms with E-state index in [9.17, 15) is 4.79 Å². The predicted octanol–water partition coefficient (Wildman–Crippen LogP) is 6.82. The SMILES string of the molecule is CSc1ccc([C@@H]2Nc3ccc4ccccc4c3[C@H]3CC(C)(C)CC(=O)[C@H]32)cc1. The van der Waals surface area contributed by atoms with Crippen LogP contribution in [0, 0.1) is 11.3 Å². The number of rotatable bonds is 2. The summed E-state index contributed by atoms with van der Waals surface area (Å²) >= 11 is 1.75. The Morgan fingerprint density at radius 2 is 1.76 bits per heavy atom. The van der Waals surface area contributed by atoms with E-state index in [4.69, 9.17) is 0 Å². The molecule has 148 valence electrons. The van der Waals surface area contributed by atoms with Gasteiger partial charge in [-0.25, -0.2) is 0 Å². The largest absolute Gasteiger partial charge is 0.377 e. The van der Waals surface area contributed by atoms with Crippen molar-refractivity contribution in [2.45, 2.75) is 43.5 Å². The molecular weight excluding hydrogens is 374 g/mol. The standard InChI is InChI=1S/C26H27NOS/c1-26(2)14-20-23-19-7-5-4-6-16(19)10-13-21(23)27-25(24(20)22(28)15-26)17-8-11-18(29-3)12-9-17/h4-13,20,24-25,27H,14-15H2,1-3H3/t20-,24+,25+/m1/s1. The Morgan fingerprint density at radius 3 is 2.52 bits per heavy atom. The van der Waals surface area contributed by atoms with Gasteiger partial charge in [0.25, 0.3) is 0 Å². The van der Waals surface area contributed by atoms with E-state index < -0.39 is 0 Å². The molecule has 2 nitrogen and oxygen atoms in total. The Kier molecular flexibility index (Phi) is 4.47. The lowest BCUT2D eigenvalue weighted by Gasteiger charge is -2.47. The number of carbonyl (C=O) groups excluding carboxylic acids is 1. The van der Waals surface area contributed by atoms with Crippen molar-refractivity contribution in [3.63, 3.8) is 0 Å². The van der Waals surface area contributed by atoms with Crippen LogP contribution in [0.3, 0.4) is 0 Å². The minimum Gasteiger partial charge on any atom is -0.377 e. The summed E-state index contributed by atoms with van der Waals surface area (Å²) in [6.07, 6.45) is 3.80. The van der Waals surface area contributed by atoms with Crippen molar-refractivity contribution in [3.8, 4) is 0 Å². The maximum Gasteiger partial charge on any atom is 0.139 e. The second kappa shape index (κ2) is 6.91. The van der Waals surface area contributed by atoms with Crippen LogP contribution >= 0.6 is 11.8 Å². The van der Waals surface area contributed by atoms with Gasteiger partial charge in [-0.2, -0.15) is 0 Å². The molecule has 3 heteroatoms. The molecule has 1 aliphatic heterocycles. The van der Waals surface area contributed by atoms with Crippen molar-refractivity contribution in [2.24, 2.45) is 11.3 Å². The van der Waals surface area contributed by atoms with Crippen LogP contribution < -0.4 is 5.32 Å². The molecule has 3 atom stereocenters. The molecule has 0 radical (unpaired) electrons. The average Bonchev–Trinajstić information content (AvgIpc) is 2.72. The van der Waals surface area contributed by atoms with Crippen molar-refractivity contribution < 1.29 is 4.79 Å². The highest BCUT2D eigenvalue weighted by Gasteiger charge is 2.48. The lowest BCUT2D eigenvalue weighted by atomic mass is 9.60. The third-order valence-electron chi connectivity index (χ3n) is 6.72. The average molecular weight is 402 g/mol. The van der Waals surface area contributed by atoms with Gasteiger partial charge in [0.1, 0.15) is 5.78 Å². The van der Waals surface area contributed by atoms with Crippen LogP contribution in [0.5, 0.6) is 0 Å². The Balaban J connectivity index is 1.69. The first-order chi connectivity index (χ1) is 14.0. The highest BCUT2D eigenvalue weighted by molar-refractivity contribution is 7.98. The van der Waals surface area contributed by atoms with Crippen LogP contribution in [-0.4, -0.2) is 12.0 Å². The van der Waals surface area contributed by atoms with Crippen LogP contribution in [0.1, 0.15) is 49.8 Å². The van der Waals surface area contributed by atoms with E-state index in [2.05, 4.69) is 86.1 Å². The van der Waals surface area contributed by atoms with Gasteiger partial charge in [0, 0.05) is 22.9 Å². The highest BCUT2D eigenvalue weighted by Crippen LogP contribution is 2.55. The molecule has 1 fully saturated rings. The van der Waals surface area contributed by atoms with Gasteiger partial charge >= 0.3 is 0 Å². The van der Waals surface area contributed by atoms with Gasteiger partial charge in [-0.1, -0.05) is 56.3 Å². The number of Topliss-reactive ketones (excluding diaryl/α,β-unsaturated/α-hetero) is 1. The van der Waals surface area contributed by atoms with Crippen molar-refractivity contribution >= 4 is 34.0 Å². The van der Waals surface area contributed by atoms with E-state index >= 15 is 0 Å². The zero-order valence-electron chi connectivity index (χ0n) is 17.2. The number of nitrogens with one attached hydrogen (secondary N) is 1. The molecule has 1 aliphatic carbocycles. The summed E-state index contributed by atoms with van der Waals surface area (Å²) in [4.78, 5) is 14.7. The van der Waals surface area contributed by atoms with Crippen LogP contribution in [0.15, 0.2) is 65.6 Å². The molecule has 2 aliphatic rings.